The minimum absolute atomic E-state index is 0.0370. The molecule has 0 unspecified atom stereocenters. The molecule has 0 aliphatic carbocycles. The lowest BCUT2D eigenvalue weighted by atomic mass is 10.3. The molecule has 0 aromatic rings. The normalized spacial score (nSPS) is 8.88. The molecule has 0 heterocycles. The SMILES string of the molecule is CCCCC#CN(CC(=O)OC)CC(=O)OC. The van der Waals surface area contributed by atoms with Crippen LogP contribution in [0, 0.1) is 12.0 Å². The Kier molecular flexibility index (Phi) is 8.57. The van der Waals surface area contributed by atoms with Crippen LogP contribution < -0.4 is 0 Å². The van der Waals surface area contributed by atoms with Crippen molar-refractivity contribution < 1.29 is 19.1 Å². The second-order valence-electron chi connectivity index (χ2n) is 3.40. The first-order valence-corrected chi connectivity index (χ1v) is 5.51. The largest absolute Gasteiger partial charge is 0.468 e. The van der Waals surface area contributed by atoms with E-state index < -0.39 is 11.9 Å². The Balaban J connectivity index is 4.31. The van der Waals surface area contributed by atoms with E-state index in [1.54, 1.807) is 0 Å². The van der Waals surface area contributed by atoms with Gasteiger partial charge in [-0.1, -0.05) is 19.3 Å². The van der Waals surface area contributed by atoms with Crippen LogP contribution in [0.3, 0.4) is 0 Å². The summed E-state index contributed by atoms with van der Waals surface area (Å²) >= 11 is 0. The Hall–Kier alpha value is -1.70. The van der Waals surface area contributed by atoms with E-state index in [1.807, 2.05) is 0 Å². The van der Waals surface area contributed by atoms with Crippen molar-refractivity contribution in [2.24, 2.45) is 0 Å². The fraction of sp³-hybridized carbons (Fsp3) is 0.667. The average molecular weight is 241 g/mol. The van der Waals surface area contributed by atoms with Crippen LogP contribution in [0.5, 0.6) is 0 Å². The molecule has 0 aromatic carbocycles. The van der Waals surface area contributed by atoms with Crippen molar-refractivity contribution in [2.75, 3.05) is 27.3 Å². The molecule has 0 saturated carbocycles. The van der Waals surface area contributed by atoms with E-state index in [0.29, 0.717) is 0 Å². The van der Waals surface area contributed by atoms with Crippen LogP contribution in [-0.4, -0.2) is 44.1 Å². The van der Waals surface area contributed by atoms with Gasteiger partial charge >= 0.3 is 11.9 Å². The first kappa shape index (κ1) is 15.3. The zero-order chi connectivity index (χ0) is 13.1. The Morgan fingerprint density at radius 3 is 2.06 bits per heavy atom. The standard InChI is InChI=1S/C12H19NO4/c1-4-5-6-7-8-13(9-11(14)16-2)10-12(15)17-3/h4-6,9-10H2,1-3H3. The summed E-state index contributed by atoms with van der Waals surface area (Å²) in [5.74, 6) is 2.04. The quantitative estimate of drug-likeness (QED) is 0.298. The minimum atomic E-state index is -0.432. The molecule has 96 valence electrons. The molecule has 0 N–H and O–H groups in total. The fourth-order valence-electron chi connectivity index (χ4n) is 1.01. The summed E-state index contributed by atoms with van der Waals surface area (Å²) < 4.78 is 9.05. The monoisotopic (exact) mass is 241 g/mol. The Morgan fingerprint density at radius 2 is 1.65 bits per heavy atom. The van der Waals surface area contributed by atoms with Gasteiger partial charge in [0.15, 0.2) is 0 Å². The van der Waals surface area contributed by atoms with E-state index in [1.165, 1.54) is 19.1 Å². The van der Waals surface area contributed by atoms with Gasteiger partial charge in [-0.2, -0.15) is 0 Å². The van der Waals surface area contributed by atoms with Crippen molar-refractivity contribution in [3.63, 3.8) is 0 Å². The van der Waals surface area contributed by atoms with E-state index in [2.05, 4.69) is 28.4 Å². The fourth-order valence-corrected chi connectivity index (χ4v) is 1.01. The maximum atomic E-state index is 11.1. The molecule has 0 rings (SSSR count). The average Bonchev–Trinajstić information content (AvgIpc) is 2.33. The molecule has 0 bridgehead atoms. The highest BCUT2D eigenvalue weighted by Crippen LogP contribution is 1.93. The molecule has 0 fully saturated rings. The number of nitrogens with zero attached hydrogens (tertiary/aromatic N) is 1. The molecule has 17 heavy (non-hydrogen) atoms. The van der Waals surface area contributed by atoms with Crippen molar-refractivity contribution in [1.82, 2.24) is 4.90 Å². The van der Waals surface area contributed by atoms with Crippen LogP contribution in [-0.2, 0) is 19.1 Å². The van der Waals surface area contributed by atoms with Gasteiger partial charge in [-0.3, -0.25) is 9.59 Å². The predicted octanol–water partition coefficient (Wildman–Crippen LogP) is 0.786. The summed E-state index contributed by atoms with van der Waals surface area (Å²) in [6, 6.07) is 2.77. The lowest BCUT2D eigenvalue weighted by Gasteiger charge is -2.14. The molecule has 0 aliphatic rings. The van der Waals surface area contributed by atoms with Crippen LogP contribution >= 0.6 is 0 Å². The summed E-state index contributed by atoms with van der Waals surface area (Å²) in [4.78, 5) is 23.6. The minimum Gasteiger partial charge on any atom is -0.468 e. The van der Waals surface area contributed by atoms with Gasteiger partial charge in [0.2, 0.25) is 0 Å². The molecule has 5 nitrogen and oxygen atoms in total. The molecule has 0 spiro atoms. The molecular formula is C12H19NO4. The van der Waals surface area contributed by atoms with Crippen LogP contribution in [0.15, 0.2) is 0 Å². The molecule has 0 aliphatic heterocycles. The van der Waals surface area contributed by atoms with Crippen molar-refractivity contribution in [1.29, 1.82) is 0 Å². The zero-order valence-corrected chi connectivity index (χ0v) is 10.6. The van der Waals surface area contributed by atoms with Gasteiger partial charge < -0.3 is 14.4 Å². The Bertz CT molecular complexity index is 285. The van der Waals surface area contributed by atoms with Crippen molar-refractivity contribution in [3.05, 3.63) is 0 Å². The second-order valence-corrected chi connectivity index (χ2v) is 3.40. The highest BCUT2D eigenvalue weighted by Gasteiger charge is 2.11. The van der Waals surface area contributed by atoms with Crippen molar-refractivity contribution in [3.8, 4) is 12.0 Å². The Labute approximate surface area is 102 Å². The van der Waals surface area contributed by atoms with Crippen LogP contribution in [0.2, 0.25) is 0 Å². The zero-order valence-electron chi connectivity index (χ0n) is 10.6. The number of methoxy groups -OCH3 is 2. The third-order valence-corrected chi connectivity index (χ3v) is 1.99. The van der Waals surface area contributed by atoms with Crippen molar-refractivity contribution >= 4 is 11.9 Å². The summed E-state index contributed by atoms with van der Waals surface area (Å²) in [6.45, 7) is 2.00. The number of unbranched alkanes of at least 4 members (excludes halogenated alkanes) is 2. The van der Waals surface area contributed by atoms with E-state index in [-0.39, 0.29) is 13.1 Å². The maximum Gasteiger partial charge on any atom is 0.326 e. The molecular weight excluding hydrogens is 222 g/mol. The first-order chi connectivity index (χ1) is 8.13. The van der Waals surface area contributed by atoms with Gasteiger partial charge in [0.25, 0.3) is 0 Å². The third kappa shape index (κ3) is 8.14. The molecule has 5 heteroatoms. The number of hydrogen-bond acceptors (Lipinski definition) is 5. The van der Waals surface area contributed by atoms with Gasteiger partial charge in [0, 0.05) is 12.5 Å². The lowest BCUT2D eigenvalue weighted by molar-refractivity contribution is -0.144. The van der Waals surface area contributed by atoms with Gasteiger partial charge in [-0.25, -0.2) is 0 Å². The molecule has 0 amide bonds. The summed E-state index contributed by atoms with van der Waals surface area (Å²) in [7, 11) is 2.59. The number of esters is 2. The lowest BCUT2D eigenvalue weighted by Crippen LogP contribution is -2.31. The Morgan fingerprint density at radius 1 is 1.12 bits per heavy atom. The van der Waals surface area contributed by atoms with Crippen LogP contribution in [0.1, 0.15) is 26.2 Å². The molecule has 0 atom stereocenters. The summed E-state index contributed by atoms with van der Waals surface area (Å²) in [5, 5.41) is 0. The molecule has 0 saturated heterocycles. The van der Waals surface area contributed by atoms with Crippen LogP contribution in [0.25, 0.3) is 0 Å². The van der Waals surface area contributed by atoms with E-state index in [9.17, 15) is 9.59 Å². The highest BCUT2D eigenvalue weighted by atomic mass is 16.5. The number of rotatable bonds is 6. The summed E-state index contributed by atoms with van der Waals surface area (Å²) in [6.07, 6.45) is 2.80. The third-order valence-electron chi connectivity index (χ3n) is 1.99. The number of carbonyl (C=O) groups is 2. The molecule has 0 radical (unpaired) electrons. The van der Waals surface area contributed by atoms with Gasteiger partial charge in [0.05, 0.1) is 14.2 Å². The van der Waals surface area contributed by atoms with Gasteiger partial charge in [-0.05, 0) is 6.42 Å². The van der Waals surface area contributed by atoms with E-state index >= 15 is 0 Å². The van der Waals surface area contributed by atoms with Gasteiger partial charge in [-0.15, -0.1) is 0 Å². The first-order valence-electron chi connectivity index (χ1n) is 5.51. The van der Waals surface area contributed by atoms with E-state index in [4.69, 9.17) is 0 Å². The van der Waals surface area contributed by atoms with Crippen molar-refractivity contribution in [2.45, 2.75) is 26.2 Å². The molecule has 0 aromatic heterocycles. The number of ether oxygens (including phenoxy) is 2. The topological polar surface area (TPSA) is 55.8 Å². The summed E-state index contributed by atoms with van der Waals surface area (Å²) in [5.41, 5.74) is 0. The number of hydrogen-bond donors (Lipinski definition) is 0. The smallest absolute Gasteiger partial charge is 0.326 e. The number of carbonyl (C=O) groups excluding carboxylic acids is 2. The van der Waals surface area contributed by atoms with Gasteiger partial charge in [0.1, 0.15) is 13.1 Å². The van der Waals surface area contributed by atoms with E-state index in [0.717, 1.165) is 19.3 Å². The highest BCUT2D eigenvalue weighted by molar-refractivity contribution is 5.75. The maximum absolute atomic E-state index is 11.1. The van der Waals surface area contributed by atoms with Crippen LogP contribution in [0.4, 0.5) is 0 Å². The second kappa shape index (κ2) is 9.52. The predicted molar refractivity (Wildman–Crippen MR) is 62.9 cm³/mol.